The van der Waals surface area contributed by atoms with Crippen molar-refractivity contribution in [3.8, 4) is 0 Å². The van der Waals surface area contributed by atoms with Crippen LogP contribution in [0.5, 0.6) is 0 Å². The van der Waals surface area contributed by atoms with E-state index in [1.165, 1.54) is 0 Å². The Labute approximate surface area is 114 Å². The minimum atomic E-state index is -0.132. The summed E-state index contributed by atoms with van der Waals surface area (Å²) in [5, 5.41) is 3.28. The average molecular weight is 266 g/mol. The molecule has 0 aromatic heterocycles. The fourth-order valence-electron chi connectivity index (χ4n) is 2.47. The molecule has 106 valence electrons. The Hall–Kier alpha value is -1.13. The van der Waals surface area contributed by atoms with Gasteiger partial charge in [-0.05, 0) is 37.1 Å². The van der Waals surface area contributed by atoms with Crippen molar-refractivity contribution in [3.63, 3.8) is 0 Å². The Kier molecular flexibility index (Phi) is 5.16. The maximum absolute atomic E-state index is 14.1. The Balaban J connectivity index is 1.99. The average Bonchev–Trinajstić information content (AvgIpc) is 2.88. The van der Waals surface area contributed by atoms with Crippen molar-refractivity contribution in [2.45, 2.75) is 32.4 Å². The second-order valence-electron chi connectivity index (χ2n) is 5.05. The highest BCUT2D eigenvalue weighted by molar-refractivity contribution is 5.50. The van der Waals surface area contributed by atoms with Gasteiger partial charge in [0.25, 0.3) is 0 Å². The van der Waals surface area contributed by atoms with Crippen LogP contribution >= 0.6 is 0 Å². The number of hydrogen-bond donors (Lipinski definition) is 1. The first kappa shape index (κ1) is 14.3. The number of rotatable bonds is 6. The molecule has 1 aliphatic rings. The van der Waals surface area contributed by atoms with Crippen LogP contribution in [0.1, 0.15) is 25.3 Å². The molecule has 4 heteroatoms. The lowest BCUT2D eigenvalue weighted by Crippen LogP contribution is -2.23. The highest BCUT2D eigenvalue weighted by Crippen LogP contribution is 2.25. The van der Waals surface area contributed by atoms with E-state index in [1.54, 1.807) is 13.2 Å². The number of anilines is 1. The van der Waals surface area contributed by atoms with Crippen LogP contribution in [0.25, 0.3) is 0 Å². The molecule has 0 saturated carbocycles. The molecule has 1 atom stereocenters. The van der Waals surface area contributed by atoms with Gasteiger partial charge in [-0.25, -0.2) is 4.39 Å². The van der Waals surface area contributed by atoms with E-state index in [0.717, 1.165) is 44.6 Å². The summed E-state index contributed by atoms with van der Waals surface area (Å²) in [5.74, 6) is -0.132. The van der Waals surface area contributed by atoms with Gasteiger partial charge in [0.1, 0.15) is 5.82 Å². The van der Waals surface area contributed by atoms with Gasteiger partial charge >= 0.3 is 0 Å². The Morgan fingerprint density at radius 1 is 1.47 bits per heavy atom. The molecular formula is C15H23FN2O. The van der Waals surface area contributed by atoms with Gasteiger partial charge in [0, 0.05) is 26.7 Å². The molecule has 1 aromatic carbocycles. The van der Waals surface area contributed by atoms with Crippen LogP contribution in [-0.2, 0) is 11.3 Å². The monoisotopic (exact) mass is 266 g/mol. The molecule has 19 heavy (non-hydrogen) atoms. The zero-order valence-corrected chi connectivity index (χ0v) is 11.8. The van der Waals surface area contributed by atoms with E-state index in [1.807, 2.05) is 12.1 Å². The van der Waals surface area contributed by atoms with E-state index in [9.17, 15) is 4.39 Å². The quantitative estimate of drug-likeness (QED) is 0.801. The normalized spacial score (nSPS) is 19.1. The first-order valence-corrected chi connectivity index (χ1v) is 7.01. The van der Waals surface area contributed by atoms with Gasteiger partial charge in [-0.1, -0.05) is 13.0 Å². The summed E-state index contributed by atoms with van der Waals surface area (Å²) in [6.45, 7) is 5.46. The van der Waals surface area contributed by atoms with Crippen LogP contribution in [0.15, 0.2) is 18.2 Å². The maximum atomic E-state index is 14.1. The van der Waals surface area contributed by atoms with Crippen LogP contribution < -0.4 is 10.2 Å². The molecule has 1 N–H and O–H groups in total. The highest BCUT2D eigenvalue weighted by Gasteiger charge is 2.24. The van der Waals surface area contributed by atoms with Gasteiger partial charge < -0.3 is 15.0 Å². The standard InChI is InChI=1S/C15H23FN2O/c1-3-7-17-10-12-4-5-15(14(16)9-12)18-8-6-13(11-18)19-2/h4-5,9,13,17H,3,6-8,10-11H2,1-2H3. The van der Waals surface area contributed by atoms with E-state index >= 15 is 0 Å². The van der Waals surface area contributed by atoms with Gasteiger partial charge in [0.05, 0.1) is 11.8 Å². The molecule has 0 bridgehead atoms. The fourth-order valence-corrected chi connectivity index (χ4v) is 2.47. The predicted octanol–water partition coefficient (Wildman–Crippen LogP) is 2.55. The van der Waals surface area contributed by atoms with Crippen molar-refractivity contribution in [2.75, 3.05) is 31.6 Å². The minimum Gasteiger partial charge on any atom is -0.380 e. The summed E-state index contributed by atoms with van der Waals surface area (Å²) in [7, 11) is 1.72. The molecule has 0 spiro atoms. The van der Waals surface area contributed by atoms with Crippen LogP contribution in [0, 0.1) is 5.82 Å². The second kappa shape index (κ2) is 6.87. The second-order valence-corrected chi connectivity index (χ2v) is 5.05. The maximum Gasteiger partial charge on any atom is 0.146 e. The number of methoxy groups -OCH3 is 1. The molecule has 1 saturated heterocycles. The number of nitrogens with zero attached hydrogens (tertiary/aromatic N) is 1. The Morgan fingerprint density at radius 2 is 2.32 bits per heavy atom. The SMILES string of the molecule is CCCNCc1ccc(N2CCC(OC)C2)c(F)c1. The van der Waals surface area contributed by atoms with Gasteiger partial charge in [0.15, 0.2) is 0 Å². The number of ether oxygens (including phenoxy) is 1. The van der Waals surface area contributed by atoms with Crippen LogP contribution in [-0.4, -0.2) is 32.8 Å². The molecule has 1 aliphatic heterocycles. The Morgan fingerprint density at radius 3 is 2.95 bits per heavy atom. The lowest BCUT2D eigenvalue weighted by Gasteiger charge is -2.19. The number of nitrogens with one attached hydrogen (secondary N) is 1. The molecular weight excluding hydrogens is 243 g/mol. The third-order valence-electron chi connectivity index (χ3n) is 3.59. The zero-order valence-electron chi connectivity index (χ0n) is 11.8. The van der Waals surface area contributed by atoms with Gasteiger partial charge in [-0.15, -0.1) is 0 Å². The van der Waals surface area contributed by atoms with Crippen molar-refractivity contribution in [3.05, 3.63) is 29.6 Å². The lowest BCUT2D eigenvalue weighted by molar-refractivity contribution is 0.121. The van der Waals surface area contributed by atoms with Gasteiger partial charge in [0.2, 0.25) is 0 Å². The Bertz CT molecular complexity index is 411. The summed E-state index contributed by atoms with van der Waals surface area (Å²) in [5.41, 5.74) is 1.69. The smallest absolute Gasteiger partial charge is 0.146 e. The summed E-state index contributed by atoms with van der Waals surface area (Å²) in [6.07, 6.45) is 2.29. The first-order valence-electron chi connectivity index (χ1n) is 7.01. The highest BCUT2D eigenvalue weighted by atomic mass is 19.1. The first-order chi connectivity index (χ1) is 9.24. The molecule has 0 aliphatic carbocycles. The van der Waals surface area contributed by atoms with Crippen LogP contribution in [0.4, 0.5) is 10.1 Å². The summed E-state index contributed by atoms with van der Waals surface area (Å²) < 4.78 is 19.4. The zero-order chi connectivity index (χ0) is 13.7. The molecule has 1 heterocycles. The summed E-state index contributed by atoms with van der Waals surface area (Å²) in [6, 6.07) is 5.52. The third-order valence-corrected chi connectivity index (χ3v) is 3.59. The van der Waals surface area contributed by atoms with E-state index < -0.39 is 0 Å². The van der Waals surface area contributed by atoms with E-state index in [4.69, 9.17) is 4.74 Å². The molecule has 1 aromatic rings. The van der Waals surface area contributed by atoms with E-state index in [0.29, 0.717) is 5.69 Å². The topological polar surface area (TPSA) is 24.5 Å². The largest absolute Gasteiger partial charge is 0.380 e. The van der Waals surface area contributed by atoms with Crippen molar-refractivity contribution in [2.24, 2.45) is 0 Å². The van der Waals surface area contributed by atoms with Crippen molar-refractivity contribution in [1.29, 1.82) is 0 Å². The van der Waals surface area contributed by atoms with Gasteiger partial charge in [-0.3, -0.25) is 0 Å². The number of halogens is 1. The predicted molar refractivity (Wildman–Crippen MR) is 76.0 cm³/mol. The fraction of sp³-hybridized carbons (Fsp3) is 0.600. The van der Waals surface area contributed by atoms with Crippen LogP contribution in [0.2, 0.25) is 0 Å². The molecule has 1 fully saturated rings. The summed E-state index contributed by atoms with van der Waals surface area (Å²) in [4.78, 5) is 2.06. The van der Waals surface area contributed by atoms with Crippen LogP contribution in [0.3, 0.4) is 0 Å². The van der Waals surface area contributed by atoms with Crippen molar-refractivity contribution < 1.29 is 9.13 Å². The number of benzene rings is 1. The number of hydrogen-bond acceptors (Lipinski definition) is 3. The third kappa shape index (κ3) is 3.67. The molecule has 1 unspecified atom stereocenters. The lowest BCUT2D eigenvalue weighted by atomic mass is 10.2. The molecule has 3 nitrogen and oxygen atoms in total. The van der Waals surface area contributed by atoms with Crippen molar-refractivity contribution >= 4 is 5.69 Å². The molecule has 2 rings (SSSR count). The molecule has 0 amide bonds. The van der Waals surface area contributed by atoms with Gasteiger partial charge in [-0.2, -0.15) is 0 Å². The van der Waals surface area contributed by atoms with E-state index in [-0.39, 0.29) is 11.9 Å². The molecule has 0 radical (unpaired) electrons. The van der Waals surface area contributed by atoms with Crippen molar-refractivity contribution in [1.82, 2.24) is 5.32 Å². The summed E-state index contributed by atoms with van der Waals surface area (Å²) >= 11 is 0. The van der Waals surface area contributed by atoms with E-state index in [2.05, 4.69) is 17.1 Å². The minimum absolute atomic E-state index is 0.132.